The summed E-state index contributed by atoms with van der Waals surface area (Å²) in [6, 6.07) is 7.01. The van der Waals surface area contributed by atoms with Crippen LogP contribution in [0, 0.1) is 27.7 Å². The molecule has 2 N–H and O–H groups in total. The van der Waals surface area contributed by atoms with Crippen molar-refractivity contribution in [1.82, 2.24) is 19.9 Å². The van der Waals surface area contributed by atoms with Crippen molar-refractivity contribution in [2.45, 2.75) is 53.9 Å². The summed E-state index contributed by atoms with van der Waals surface area (Å²) in [7, 11) is 1.67. The Bertz CT molecular complexity index is 1380. The van der Waals surface area contributed by atoms with Crippen LogP contribution in [-0.4, -0.2) is 57.1 Å². The Hall–Kier alpha value is -3.37. The second kappa shape index (κ2) is 22.2. The molecule has 0 aliphatic rings. The van der Waals surface area contributed by atoms with Crippen LogP contribution in [0.5, 0.6) is 23.0 Å². The highest BCUT2D eigenvalue weighted by atomic mass is 35.5. The Morgan fingerprint density at radius 3 is 1.50 bits per heavy atom. The molecular weight excluding hydrogens is 627 g/mol. The summed E-state index contributed by atoms with van der Waals surface area (Å²) in [5.74, 6) is 1.60. The lowest BCUT2D eigenvalue weighted by Gasteiger charge is -2.07. The lowest BCUT2D eigenvalue weighted by atomic mass is 10.3. The van der Waals surface area contributed by atoms with E-state index in [9.17, 15) is 0 Å². The van der Waals surface area contributed by atoms with Gasteiger partial charge in [0.25, 0.3) is 0 Å². The van der Waals surface area contributed by atoms with E-state index in [1.54, 1.807) is 44.0 Å². The lowest BCUT2D eigenvalue weighted by molar-refractivity contribution is 0.172. The van der Waals surface area contributed by atoms with Crippen molar-refractivity contribution in [3.05, 3.63) is 93.0 Å². The monoisotopic (exact) mass is 666 g/mol. The molecule has 4 aromatic rings. The van der Waals surface area contributed by atoms with Gasteiger partial charge in [-0.2, -0.15) is 0 Å². The maximum absolute atomic E-state index is 8.91. The van der Waals surface area contributed by atoms with Gasteiger partial charge in [0.15, 0.2) is 32.7 Å². The van der Waals surface area contributed by atoms with Crippen LogP contribution in [0.1, 0.15) is 48.4 Å². The predicted molar refractivity (Wildman–Crippen MR) is 177 cm³/mol. The molecule has 4 heterocycles. The van der Waals surface area contributed by atoms with Crippen LogP contribution in [0.25, 0.3) is 0 Å². The quantitative estimate of drug-likeness (QED) is 0.134. The number of aromatic hydroxyl groups is 2. The molecule has 9 nitrogen and oxygen atoms in total. The van der Waals surface area contributed by atoms with Crippen molar-refractivity contribution in [3.63, 3.8) is 0 Å². The van der Waals surface area contributed by atoms with Crippen molar-refractivity contribution in [3.8, 4) is 23.0 Å². The first-order chi connectivity index (χ1) is 21.0. The molecule has 240 valence electrons. The molecule has 0 spiro atoms. The normalized spacial score (nSPS) is 9.84. The third-order valence-corrected chi connectivity index (χ3v) is 6.07. The molecule has 0 fully saturated rings. The molecule has 0 aliphatic heterocycles. The maximum Gasteiger partial charge on any atom is 0.171 e. The summed E-state index contributed by atoms with van der Waals surface area (Å²) in [5, 5.41) is 18.7. The third kappa shape index (κ3) is 17.1. The lowest BCUT2D eigenvalue weighted by Crippen LogP contribution is -2.02. The fraction of sp³-hybridized carbons (Fsp3) is 0.375. The minimum absolute atomic E-state index is 0.0386. The van der Waals surface area contributed by atoms with Crippen molar-refractivity contribution >= 4 is 34.8 Å². The van der Waals surface area contributed by atoms with Gasteiger partial charge in [0.1, 0.15) is 5.75 Å². The Labute approximate surface area is 275 Å². The van der Waals surface area contributed by atoms with Crippen LogP contribution in [0.3, 0.4) is 0 Å². The number of rotatable bonds is 9. The van der Waals surface area contributed by atoms with Gasteiger partial charge < -0.3 is 24.4 Å². The van der Waals surface area contributed by atoms with Gasteiger partial charge in [0.2, 0.25) is 0 Å². The third-order valence-electron chi connectivity index (χ3n) is 5.21. The largest absolute Gasteiger partial charge is 0.506 e. The number of aromatic nitrogens is 4. The van der Waals surface area contributed by atoms with Gasteiger partial charge in [-0.05, 0) is 80.6 Å². The second-order valence-electron chi connectivity index (χ2n) is 9.54. The first-order valence-corrected chi connectivity index (χ1v) is 15.0. The molecule has 0 saturated heterocycles. The molecule has 0 bridgehead atoms. The van der Waals surface area contributed by atoms with Crippen molar-refractivity contribution in [2.24, 2.45) is 0 Å². The average molecular weight is 668 g/mol. The van der Waals surface area contributed by atoms with E-state index in [0.717, 1.165) is 41.5 Å². The molecule has 4 rings (SSSR count). The van der Waals surface area contributed by atoms with E-state index >= 15 is 0 Å². The number of methoxy groups -OCH3 is 1. The summed E-state index contributed by atoms with van der Waals surface area (Å²) in [5.41, 5.74) is 3.98. The molecule has 0 radical (unpaired) electrons. The van der Waals surface area contributed by atoms with Gasteiger partial charge in [0, 0.05) is 44.9 Å². The smallest absolute Gasteiger partial charge is 0.171 e. The Morgan fingerprint density at radius 1 is 0.614 bits per heavy atom. The number of halogens is 3. The van der Waals surface area contributed by atoms with E-state index in [-0.39, 0.29) is 16.7 Å². The average Bonchev–Trinajstić information content (AvgIpc) is 2.98. The second-order valence-corrected chi connectivity index (χ2v) is 10.6. The highest BCUT2D eigenvalue weighted by Gasteiger charge is 2.03. The Morgan fingerprint density at radius 2 is 1.09 bits per heavy atom. The SMILES string of the molecule is CCCCOc1cc(C)cnc1Cl.COCCCOc1cc(C)cnc1Cl.Cc1cnc(Cl)c(O)c1.Cc1cncc(O)c1. The summed E-state index contributed by atoms with van der Waals surface area (Å²) >= 11 is 17.1. The number of unbranched alkanes of at least 4 members (excludes halogenated alkanes) is 1. The number of pyridine rings is 4. The topological polar surface area (TPSA) is 120 Å². The molecule has 0 saturated carbocycles. The summed E-state index contributed by atoms with van der Waals surface area (Å²) in [4.78, 5) is 15.4. The highest BCUT2D eigenvalue weighted by Crippen LogP contribution is 2.23. The van der Waals surface area contributed by atoms with E-state index in [0.29, 0.717) is 41.6 Å². The van der Waals surface area contributed by atoms with Crippen molar-refractivity contribution < 1.29 is 24.4 Å². The van der Waals surface area contributed by atoms with Crippen molar-refractivity contribution in [2.75, 3.05) is 26.9 Å². The zero-order valence-corrected chi connectivity index (χ0v) is 28.2. The molecule has 12 heteroatoms. The van der Waals surface area contributed by atoms with Gasteiger partial charge in [-0.1, -0.05) is 48.1 Å². The Balaban J connectivity index is 0.000000300. The Kier molecular flexibility index (Phi) is 19.5. The number of aryl methyl sites for hydroxylation is 4. The molecule has 4 aromatic heterocycles. The zero-order valence-electron chi connectivity index (χ0n) is 26.0. The molecule has 0 atom stereocenters. The van der Waals surface area contributed by atoms with Crippen LogP contribution >= 0.6 is 34.8 Å². The van der Waals surface area contributed by atoms with E-state index in [1.165, 1.54) is 6.20 Å². The van der Waals surface area contributed by atoms with E-state index < -0.39 is 0 Å². The first-order valence-electron chi connectivity index (χ1n) is 13.9. The fourth-order valence-electron chi connectivity index (χ4n) is 3.04. The number of hydrogen-bond acceptors (Lipinski definition) is 9. The van der Waals surface area contributed by atoms with Gasteiger partial charge in [0.05, 0.1) is 19.4 Å². The van der Waals surface area contributed by atoms with Gasteiger partial charge >= 0.3 is 0 Å². The summed E-state index contributed by atoms with van der Waals surface area (Å²) in [6.45, 7) is 11.8. The van der Waals surface area contributed by atoms with E-state index in [2.05, 4.69) is 26.9 Å². The van der Waals surface area contributed by atoms with Crippen LogP contribution in [0.2, 0.25) is 15.5 Å². The van der Waals surface area contributed by atoms with Crippen LogP contribution in [0.4, 0.5) is 0 Å². The van der Waals surface area contributed by atoms with Crippen LogP contribution < -0.4 is 9.47 Å². The fourth-order valence-corrected chi connectivity index (χ4v) is 3.46. The van der Waals surface area contributed by atoms with Crippen molar-refractivity contribution in [1.29, 1.82) is 0 Å². The van der Waals surface area contributed by atoms with Crippen LogP contribution in [-0.2, 0) is 4.74 Å². The number of ether oxygens (including phenoxy) is 3. The molecule has 44 heavy (non-hydrogen) atoms. The first kappa shape index (κ1) is 38.7. The molecule has 0 aliphatic carbocycles. The summed E-state index contributed by atoms with van der Waals surface area (Å²) in [6.07, 6.45) is 11.2. The van der Waals surface area contributed by atoms with E-state index in [4.69, 9.17) is 59.2 Å². The minimum Gasteiger partial charge on any atom is -0.506 e. The number of nitrogens with zero attached hydrogens (tertiary/aromatic N) is 4. The standard InChI is InChI=1S/C10H14ClNO2.C10H14ClNO.C6H6ClNO.C6H7NO/c1-8-6-9(10(11)12-7-8)14-5-3-4-13-2;1-3-4-5-13-9-6-8(2)7-12-10(9)11;1-4-2-5(9)6(7)8-3-4;1-5-2-6(8)4-7-3-5/h6-7H,3-5H2,1-2H3;6-7H,3-5H2,1-2H3;2-3,9H,1H3;2-4,8H,1H3. The molecule has 0 unspecified atom stereocenters. The van der Waals surface area contributed by atoms with Gasteiger partial charge in [-0.3, -0.25) is 4.98 Å². The minimum atomic E-state index is 0.0386. The summed E-state index contributed by atoms with van der Waals surface area (Å²) < 4.78 is 15.8. The van der Waals surface area contributed by atoms with Gasteiger partial charge in [-0.25, -0.2) is 15.0 Å². The van der Waals surface area contributed by atoms with Gasteiger partial charge in [-0.15, -0.1) is 0 Å². The molecular formula is C32H41Cl3N4O5. The van der Waals surface area contributed by atoms with Crippen LogP contribution in [0.15, 0.2) is 55.2 Å². The molecule has 0 amide bonds. The van der Waals surface area contributed by atoms with E-state index in [1.807, 2.05) is 39.8 Å². The predicted octanol–water partition coefficient (Wildman–Crippen LogP) is 8.53. The maximum atomic E-state index is 8.91. The highest BCUT2D eigenvalue weighted by molar-refractivity contribution is 6.31. The zero-order chi connectivity index (χ0) is 32.9. The molecule has 0 aromatic carbocycles. The number of hydrogen-bond donors (Lipinski definition) is 2.